The summed E-state index contributed by atoms with van der Waals surface area (Å²) in [6.45, 7) is 4.57. The smallest absolute Gasteiger partial charge is 0.247 e. The van der Waals surface area contributed by atoms with Gasteiger partial charge >= 0.3 is 0 Å². The summed E-state index contributed by atoms with van der Waals surface area (Å²) < 4.78 is 5.20. The number of carbonyl (C=O) groups excluding carboxylic acids is 2. The lowest BCUT2D eigenvalue weighted by Crippen LogP contribution is -2.45. The zero-order chi connectivity index (χ0) is 23.6. The maximum atomic E-state index is 13.5. The predicted octanol–water partition coefficient (Wildman–Crippen LogP) is 4.78. The van der Waals surface area contributed by atoms with Gasteiger partial charge in [0, 0.05) is 19.0 Å². The van der Waals surface area contributed by atoms with Crippen molar-refractivity contribution in [3.8, 4) is 5.75 Å². The summed E-state index contributed by atoms with van der Waals surface area (Å²) in [6.07, 6.45) is 0.689. The molecule has 0 aliphatic heterocycles. The van der Waals surface area contributed by atoms with Crippen LogP contribution in [-0.4, -0.2) is 30.4 Å². The molecule has 2 amide bonds. The Kier molecular flexibility index (Phi) is 8.64. The van der Waals surface area contributed by atoms with E-state index >= 15 is 0 Å². The summed E-state index contributed by atoms with van der Waals surface area (Å²) in [5.41, 5.74) is 2.88. The van der Waals surface area contributed by atoms with E-state index in [1.165, 1.54) is 0 Å². The van der Waals surface area contributed by atoms with Crippen LogP contribution in [-0.2, 0) is 22.6 Å². The van der Waals surface area contributed by atoms with E-state index in [2.05, 4.69) is 5.32 Å². The second-order valence-corrected chi connectivity index (χ2v) is 8.31. The molecule has 0 unspecified atom stereocenters. The minimum atomic E-state index is -0.711. The van der Waals surface area contributed by atoms with Gasteiger partial charge in [-0.1, -0.05) is 86.6 Å². The van der Waals surface area contributed by atoms with Crippen LogP contribution in [0, 0.1) is 5.92 Å². The molecule has 0 bridgehead atoms. The summed E-state index contributed by atoms with van der Waals surface area (Å²) >= 11 is 0. The number of rotatable bonds is 10. The number of hydrogen-bond donors (Lipinski definition) is 1. The first-order valence-corrected chi connectivity index (χ1v) is 11.3. The summed E-state index contributed by atoms with van der Waals surface area (Å²) in [4.78, 5) is 28.4. The van der Waals surface area contributed by atoms with Gasteiger partial charge in [0.05, 0.1) is 7.11 Å². The molecule has 0 spiro atoms. The molecule has 5 heteroatoms. The van der Waals surface area contributed by atoms with Crippen molar-refractivity contribution in [2.45, 2.75) is 32.9 Å². The van der Waals surface area contributed by atoms with Crippen molar-refractivity contribution in [2.24, 2.45) is 5.92 Å². The third kappa shape index (κ3) is 6.69. The second kappa shape index (κ2) is 11.9. The Labute approximate surface area is 196 Å². The van der Waals surface area contributed by atoms with E-state index in [1.54, 1.807) is 12.0 Å². The first-order valence-electron chi connectivity index (χ1n) is 11.3. The summed E-state index contributed by atoms with van der Waals surface area (Å²) in [5.74, 6) is 0.334. The Morgan fingerprint density at radius 2 is 1.45 bits per heavy atom. The fraction of sp³-hybridized carbons (Fsp3) is 0.286. The number of ether oxygens (including phenoxy) is 1. The molecule has 3 rings (SSSR count). The highest BCUT2D eigenvalue weighted by molar-refractivity contribution is 5.89. The quantitative estimate of drug-likeness (QED) is 0.490. The fourth-order valence-corrected chi connectivity index (χ4v) is 3.74. The zero-order valence-corrected chi connectivity index (χ0v) is 19.5. The summed E-state index contributed by atoms with van der Waals surface area (Å²) in [7, 11) is 1.64. The lowest BCUT2D eigenvalue weighted by molar-refractivity contribution is -0.144. The first-order chi connectivity index (χ1) is 16.0. The molecule has 0 radical (unpaired) electrons. The Morgan fingerprint density at radius 3 is 2.03 bits per heavy atom. The fourth-order valence-electron chi connectivity index (χ4n) is 3.74. The minimum absolute atomic E-state index is 0.0574. The molecule has 0 saturated carbocycles. The van der Waals surface area contributed by atoms with Gasteiger partial charge in [-0.05, 0) is 35.2 Å². The predicted molar refractivity (Wildman–Crippen MR) is 131 cm³/mol. The van der Waals surface area contributed by atoms with Gasteiger partial charge in [0.1, 0.15) is 11.8 Å². The van der Waals surface area contributed by atoms with Crippen molar-refractivity contribution in [1.29, 1.82) is 0 Å². The maximum absolute atomic E-state index is 13.5. The van der Waals surface area contributed by atoms with E-state index in [0.717, 1.165) is 22.4 Å². The van der Waals surface area contributed by atoms with Gasteiger partial charge in [-0.25, -0.2) is 0 Å². The third-order valence-electron chi connectivity index (χ3n) is 5.52. The Balaban J connectivity index is 1.81. The number of hydrogen-bond acceptors (Lipinski definition) is 3. The third-order valence-corrected chi connectivity index (χ3v) is 5.52. The molecule has 172 valence electrons. The second-order valence-electron chi connectivity index (χ2n) is 8.31. The number of benzene rings is 3. The molecule has 1 atom stereocenters. The molecule has 5 nitrogen and oxygen atoms in total. The van der Waals surface area contributed by atoms with Crippen molar-refractivity contribution in [1.82, 2.24) is 10.2 Å². The molecule has 0 fully saturated rings. The number of carbonyl (C=O) groups is 2. The van der Waals surface area contributed by atoms with E-state index in [0.29, 0.717) is 19.5 Å². The number of nitrogens with one attached hydrogen (secondary N) is 1. The Bertz CT molecular complexity index is 1020. The van der Waals surface area contributed by atoms with Crippen LogP contribution in [0.5, 0.6) is 5.75 Å². The van der Waals surface area contributed by atoms with Crippen LogP contribution in [0.1, 0.15) is 36.6 Å². The molecule has 0 heterocycles. The van der Waals surface area contributed by atoms with Gasteiger partial charge in [0.15, 0.2) is 0 Å². The Hall–Kier alpha value is -3.60. The molecular formula is C28H32N2O3. The number of methoxy groups -OCH3 is 1. The summed E-state index contributed by atoms with van der Waals surface area (Å²) in [5, 5.41) is 3.05. The lowest BCUT2D eigenvalue weighted by Gasteiger charge is -2.33. The molecule has 1 N–H and O–H groups in total. The Morgan fingerprint density at radius 1 is 0.848 bits per heavy atom. The van der Waals surface area contributed by atoms with Gasteiger partial charge in [-0.15, -0.1) is 0 Å². The molecule has 0 aliphatic carbocycles. The number of amides is 2. The van der Waals surface area contributed by atoms with Crippen LogP contribution in [0.15, 0.2) is 84.9 Å². The van der Waals surface area contributed by atoms with Gasteiger partial charge in [-0.3, -0.25) is 9.59 Å². The highest BCUT2D eigenvalue weighted by atomic mass is 16.5. The highest BCUT2D eigenvalue weighted by Gasteiger charge is 2.32. The van der Waals surface area contributed by atoms with Crippen molar-refractivity contribution in [3.63, 3.8) is 0 Å². The van der Waals surface area contributed by atoms with Gasteiger partial charge < -0.3 is 15.0 Å². The van der Waals surface area contributed by atoms with Gasteiger partial charge in [0.2, 0.25) is 11.8 Å². The molecular weight excluding hydrogens is 412 g/mol. The topological polar surface area (TPSA) is 58.6 Å². The van der Waals surface area contributed by atoms with Crippen molar-refractivity contribution in [3.05, 3.63) is 102 Å². The average Bonchev–Trinajstić information content (AvgIpc) is 2.85. The molecule has 3 aromatic rings. The van der Waals surface area contributed by atoms with E-state index in [1.807, 2.05) is 98.8 Å². The van der Waals surface area contributed by atoms with Crippen LogP contribution < -0.4 is 10.1 Å². The lowest BCUT2D eigenvalue weighted by atomic mass is 10.0. The van der Waals surface area contributed by atoms with Crippen molar-refractivity contribution >= 4 is 11.8 Å². The average molecular weight is 445 g/mol. The van der Waals surface area contributed by atoms with Crippen LogP contribution >= 0.6 is 0 Å². The van der Waals surface area contributed by atoms with Crippen LogP contribution in [0.2, 0.25) is 0 Å². The summed E-state index contributed by atoms with van der Waals surface area (Å²) in [6, 6.07) is 26.4. The van der Waals surface area contributed by atoms with E-state index < -0.39 is 6.04 Å². The number of nitrogens with zero attached hydrogens (tertiary/aromatic N) is 1. The van der Waals surface area contributed by atoms with Gasteiger partial charge in [-0.2, -0.15) is 0 Å². The normalized spacial score (nSPS) is 11.6. The van der Waals surface area contributed by atoms with E-state index in [4.69, 9.17) is 4.74 Å². The minimum Gasteiger partial charge on any atom is -0.497 e. The van der Waals surface area contributed by atoms with Crippen molar-refractivity contribution in [2.75, 3.05) is 13.7 Å². The van der Waals surface area contributed by atoms with Crippen LogP contribution in [0.4, 0.5) is 0 Å². The highest BCUT2D eigenvalue weighted by Crippen LogP contribution is 2.25. The van der Waals surface area contributed by atoms with Crippen molar-refractivity contribution < 1.29 is 14.3 Å². The van der Waals surface area contributed by atoms with Gasteiger partial charge in [0.25, 0.3) is 0 Å². The molecule has 3 aromatic carbocycles. The maximum Gasteiger partial charge on any atom is 0.247 e. The largest absolute Gasteiger partial charge is 0.497 e. The zero-order valence-electron chi connectivity index (χ0n) is 19.5. The van der Waals surface area contributed by atoms with E-state index in [-0.39, 0.29) is 17.7 Å². The van der Waals surface area contributed by atoms with Crippen LogP contribution in [0.25, 0.3) is 0 Å². The van der Waals surface area contributed by atoms with Crippen LogP contribution in [0.3, 0.4) is 0 Å². The van der Waals surface area contributed by atoms with E-state index in [9.17, 15) is 9.59 Å². The molecule has 0 aliphatic rings. The standard InChI is InChI=1S/C28H32N2O3/c1-21(2)28(32)30(20-23-10-6-4-7-11-23)26(24-12-8-5-9-13-24)27(31)29-19-18-22-14-16-25(33-3)17-15-22/h4-17,21,26H,18-20H2,1-3H3,(H,29,31)/t26-/m1/s1. The SMILES string of the molecule is COc1ccc(CCNC(=O)[C@@H](c2ccccc2)N(Cc2ccccc2)C(=O)C(C)C)cc1. The molecule has 0 saturated heterocycles. The molecule has 0 aromatic heterocycles. The monoisotopic (exact) mass is 444 g/mol. The molecule has 33 heavy (non-hydrogen) atoms. The first kappa shape index (κ1) is 24.1.